The topological polar surface area (TPSA) is 35.0 Å². The summed E-state index contributed by atoms with van der Waals surface area (Å²) in [6, 6.07) is 7.47. The van der Waals surface area contributed by atoms with E-state index in [1.54, 1.807) is 0 Å². The third-order valence-corrected chi connectivity index (χ3v) is 7.19. The molecule has 0 spiro atoms. The van der Waals surface area contributed by atoms with Gasteiger partial charge in [-0.05, 0) is 49.1 Å². The monoisotopic (exact) mass is 512 g/mol. The molecule has 0 saturated carbocycles. The number of halogens is 1. The number of alkyl halides is 1. The highest BCUT2D eigenvalue weighted by molar-refractivity contribution is 5.55. The van der Waals surface area contributed by atoms with Gasteiger partial charge >= 0.3 is 0 Å². The van der Waals surface area contributed by atoms with Crippen molar-refractivity contribution >= 4 is 0 Å². The van der Waals surface area contributed by atoms with Crippen LogP contribution in [0.15, 0.2) is 36.7 Å². The second-order valence-electron chi connectivity index (χ2n) is 10.9. The Bertz CT molecular complexity index is 804. The molecule has 37 heavy (non-hydrogen) atoms. The lowest BCUT2D eigenvalue weighted by Crippen LogP contribution is -2.26. The standard InChI is InChI=1S/C33H53FN2O/c1-4-6-8-10-12-14-15-17-19-21-29-27-35-32(36-28-29)30-22-24-31(25-23-30)37-33(3,34)26-20-18-16-13-11-9-7-5-2/h22-25,27-28H,4-21,26H2,1-3H3. The fourth-order valence-corrected chi connectivity index (χ4v) is 4.82. The average Bonchev–Trinajstić information content (AvgIpc) is 2.90. The molecule has 0 aliphatic carbocycles. The quantitative estimate of drug-likeness (QED) is 0.147. The Hall–Kier alpha value is -1.97. The third-order valence-electron chi connectivity index (χ3n) is 7.19. The van der Waals surface area contributed by atoms with Crippen LogP contribution in [0, 0.1) is 0 Å². The highest BCUT2D eigenvalue weighted by Gasteiger charge is 2.24. The van der Waals surface area contributed by atoms with Gasteiger partial charge in [-0.2, -0.15) is 4.39 Å². The highest BCUT2D eigenvalue weighted by Crippen LogP contribution is 2.27. The number of ether oxygens (including phenoxy) is 1. The molecule has 0 fully saturated rings. The predicted molar refractivity (Wildman–Crippen MR) is 156 cm³/mol. The molecule has 2 rings (SSSR count). The largest absolute Gasteiger partial charge is 0.458 e. The van der Waals surface area contributed by atoms with Crippen LogP contribution in [0.4, 0.5) is 4.39 Å². The highest BCUT2D eigenvalue weighted by atomic mass is 19.2. The molecule has 0 amide bonds. The maximum atomic E-state index is 14.9. The van der Waals surface area contributed by atoms with E-state index in [9.17, 15) is 4.39 Å². The second-order valence-corrected chi connectivity index (χ2v) is 10.9. The minimum absolute atomic E-state index is 0.424. The first kappa shape index (κ1) is 31.2. The first-order valence-corrected chi connectivity index (χ1v) is 15.3. The first-order valence-electron chi connectivity index (χ1n) is 15.3. The van der Waals surface area contributed by atoms with Gasteiger partial charge in [0.1, 0.15) is 5.75 Å². The average molecular weight is 513 g/mol. The van der Waals surface area contributed by atoms with Crippen LogP contribution in [0.3, 0.4) is 0 Å². The van der Waals surface area contributed by atoms with Crippen molar-refractivity contribution in [3.05, 3.63) is 42.2 Å². The van der Waals surface area contributed by atoms with Crippen LogP contribution < -0.4 is 4.74 Å². The summed E-state index contributed by atoms with van der Waals surface area (Å²) in [5.41, 5.74) is 2.12. The minimum atomic E-state index is -1.64. The molecule has 0 N–H and O–H groups in total. The molecular weight excluding hydrogens is 459 g/mol. The van der Waals surface area contributed by atoms with Gasteiger partial charge < -0.3 is 4.74 Å². The van der Waals surface area contributed by atoms with Crippen molar-refractivity contribution in [2.45, 2.75) is 149 Å². The van der Waals surface area contributed by atoms with Gasteiger partial charge in [0.2, 0.25) is 5.85 Å². The van der Waals surface area contributed by atoms with Crippen LogP contribution in [-0.4, -0.2) is 15.8 Å². The van der Waals surface area contributed by atoms with Crippen molar-refractivity contribution in [2.75, 3.05) is 0 Å². The van der Waals surface area contributed by atoms with E-state index in [0.29, 0.717) is 18.0 Å². The van der Waals surface area contributed by atoms with E-state index in [4.69, 9.17) is 4.74 Å². The lowest BCUT2D eigenvalue weighted by Gasteiger charge is -2.22. The molecule has 1 heterocycles. The first-order chi connectivity index (χ1) is 18.0. The molecule has 0 aliphatic rings. The number of benzene rings is 1. The third kappa shape index (κ3) is 14.5. The summed E-state index contributed by atoms with van der Waals surface area (Å²) in [6.45, 7) is 6.04. The van der Waals surface area contributed by atoms with Gasteiger partial charge in [0, 0.05) is 31.3 Å². The fraction of sp³-hybridized carbons (Fsp3) is 0.697. The number of hydrogen-bond donors (Lipinski definition) is 0. The Balaban J connectivity index is 1.65. The lowest BCUT2D eigenvalue weighted by molar-refractivity contribution is -0.0530. The van der Waals surface area contributed by atoms with E-state index in [0.717, 1.165) is 24.8 Å². The molecule has 208 valence electrons. The van der Waals surface area contributed by atoms with Gasteiger partial charge in [-0.3, -0.25) is 0 Å². The minimum Gasteiger partial charge on any atom is -0.458 e. The number of rotatable bonds is 22. The predicted octanol–water partition coefficient (Wildman–Crippen LogP) is 10.8. The van der Waals surface area contributed by atoms with E-state index in [1.807, 2.05) is 36.7 Å². The summed E-state index contributed by atoms with van der Waals surface area (Å²) in [6.07, 6.45) is 27.0. The van der Waals surface area contributed by atoms with Crippen molar-refractivity contribution < 1.29 is 9.13 Å². The van der Waals surface area contributed by atoms with Crippen LogP contribution in [0.5, 0.6) is 5.75 Å². The van der Waals surface area contributed by atoms with E-state index >= 15 is 0 Å². The van der Waals surface area contributed by atoms with Crippen molar-refractivity contribution in [1.29, 1.82) is 0 Å². The zero-order valence-corrected chi connectivity index (χ0v) is 24.1. The van der Waals surface area contributed by atoms with Crippen molar-refractivity contribution in [1.82, 2.24) is 9.97 Å². The van der Waals surface area contributed by atoms with Gasteiger partial charge in [0.05, 0.1) is 0 Å². The van der Waals surface area contributed by atoms with Gasteiger partial charge in [-0.1, -0.05) is 110 Å². The Morgan fingerprint density at radius 3 is 1.62 bits per heavy atom. The molecule has 2 aromatic rings. The molecule has 1 aromatic carbocycles. The normalized spacial score (nSPS) is 13.0. The smallest absolute Gasteiger partial charge is 0.245 e. The number of aryl methyl sites for hydroxylation is 1. The van der Waals surface area contributed by atoms with Crippen LogP contribution in [0.25, 0.3) is 11.4 Å². The van der Waals surface area contributed by atoms with E-state index in [-0.39, 0.29) is 0 Å². The molecule has 3 nitrogen and oxygen atoms in total. The summed E-state index contributed by atoms with van der Waals surface area (Å²) in [4.78, 5) is 9.13. The molecule has 0 saturated heterocycles. The zero-order valence-electron chi connectivity index (χ0n) is 24.1. The summed E-state index contributed by atoms with van der Waals surface area (Å²) in [5.74, 6) is -0.392. The number of hydrogen-bond acceptors (Lipinski definition) is 3. The van der Waals surface area contributed by atoms with Gasteiger partial charge in [0.15, 0.2) is 5.82 Å². The van der Waals surface area contributed by atoms with Crippen LogP contribution in [-0.2, 0) is 6.42 Å². The lowest BCUT2D eigenvalue weighted by atomic mass is 10.1. The van der Waals surface area contributed by atoms with Crippen molar-refractivity contribution in [3.63, 3.8) is 0 Å². The van der Waals surface area contributed by atoms with Crippen LogP contribution >= 0.6 is 0 Å². The maximum absolute atomic E-state index is 14.9. The molecular formula is C33H53FN2O. The number of unbranched alkanes of at least 4 members (excludes halogenated alkanes) is 15. The summed E-state index contributed by atoms with van der Waals surface area (Å²) < 4.78 is 20.6. The summed E-state index contributed by atoms with van der Waals surface area (Å²) >= 11 is 0. The molecule has 4 heteroatoms. The van der Waals surface area contributed by atoms with E-state index in [2.05, 4.69) is 23.8 Å². The second kappa shape index (κ2) is 19.2. The number of nitrogens with zero attached hydrogens (tertiary/aromatic N) is 2. The van der Waals surface area contributed by atoms with Gasteiger partial charge in [-0.15, -0.1) is 0 Å². The molecule has 1 unspecified atom stereocenters. The maximum Gasteiger partial charge on any atom is 0.245 e. The number of aromatic nitrogens is 2. The fourth-order valence-electron chi connectivity index (χ4n) is 4.82. The Labute approximate surface area is 227 Å². The van der Waals surface area contributed by atoms with Crippen molar-refractivity contribution in [2.24, 2.45) is 0 Å². The summed E-state index contributed by atoms with van der Waals surface area (Å²) in [5, 5.41) is 0. The molecule has 0 radical (unpaired) electrons. The summed E-state index contributed by atoms with van der Waals surface area (Å²) in [7, 11) is 0. The molecule has 0 aliphatic heterocycles. The van der Waals surface area contributed by atoms with E-state index in [1.165, 1.54) is 109 Å². The molecule has 1 atom stereocenters. The molecule has 1 aromatic heterocycles. The van der Waals surface area contributed by atoms with E-state index < -0.39 is 5.85 Å². The SMILES string of the molecule is CCCCCCCCCCCc1cnc(-c2ccc(OC(C)(F)CCCCCCCCCC)cc2)nc1. The Morgan fingerprint density at radius 2 is 1.11 bits per heavy atom. The van der Waals surface area contributed by atoms with Crippen LogP contribution in [0.2, 0.25) is 0 Å². The molecule has 0 bridgehead atoms. The Morgan fingerprint density at radius 1 is 0.649 bits per heavy atom. The van der Waals surface area contributed by atoms with Crippen LogP contribution in [0.1, 0.15) is 142 Å². The van der Waals surface area contributed by atoms with Gasteiger partial charge in [0.25, 0.3) is 0 Å². The Kier molecular flexibility index (Phi) is 16.2. The van der Waals surface area contributed by atoms with Gasteiger partial charge in [-0.25, -0.2) is 9.97 Å². The van der Waals surface area contributed by atoms with Crippen molar-refractivity contribution in [3.8, 4) is 17.1 Å². The zero-order chi connectivity index (χ0) is 26.6.